The van der Waals surface area contributed by atoms with Gasteiger partial charge < -0.3 is 9.80 Å². The van der Waals surface area contributed by atoms with Crippen LogP contribution in [0.3, 0.4) is 0 Å². The summed E-state index contributed by atoms with van der Waals surface area (Å²) >= 11 is 3.46. The second kappa shape index (κ2) is 4.94. The maximum Gasteiger partial charge on any atom is 0.131 e. The predicted octanol–water partition coefficient (Wildman–Crippen LogP) is 2.54. The first-order valence-corrected chi connectivity index (χ1v) is 6.82. The first-order valence-electron chi connectivity index (χ1n) is 6.02. The molecule has 1 fully saturated rings. The van der Waals surface area contributed by atoms with E-state index >= 15 is 0 Å². The lowest BCUT2D eigenvalue weighted by atomic mass is 10.1. The lowest BCUT2D eigenvalue weighted by Gasteiger charge is -2.23. The quantitative estimate of drug-likeness (QED) is 0.836. The summed E-state index contributed by atoms with van der Waals surface area (Å²) in [5.41, 5.74) is 1.24. The fraction of sp³-hybridized carbons (Fsp3) is 0.615. The molecule has 3 nitrogen and oxygen atoms in total. The van der Waals surface area contributed by atoms with E-state index < -0.39 is 0 Å². The van der Waals surface area contributed by atoms with Crippen molar-refractivity contribution >= 4 is 21.7 Å². The van der Waals surface area contributed by atoms with Crippen LogP contribution in [-0.2, 0) is 0 Å². The van der Waals surface area contributed by atoms with Gasteiger partial charge in [-0.1, -0.05) is 6.92 Å². The molecule has 1 aromatic rings. The third-order valence-corrected chi connectivity index (χ3v) is 3.99. The van der Waals surface area contributed by atoms with E-state index in [0.29, 0.717) is 12.0 Å². The summed E-state index contributed by atoms with van der Waals surface area (Å²) in [6.45, 7) is 6.61. The molecule has 0 aliphatic carbocycles. The molecular weight excluding hydrogens is 278 g/mol. The Hall–Kier alpha value is -0.610. The lowest BCUT2D eigenvalue weighted by Crippen LogP contribution is -2.34. The molecule has 2 heterocycles. The van der Waals surface area contributed by atoms with Gasteiger partial charge in [0.05, 0.1) is 0 Å². The minimum atomic E-state index is 0.625. The summed E-state index contributed by atoms with van der Waals surface area (Å²) < 4.78 is 1.05. The SMILES string of the molecule is Cc1cc(Br)cnc1N1CC(C)C(N(C)C)C1. The topological polar surface area (TPSA) is 19.4 Å². The maximum atomic E-state index is 4.55. The summed E-state index contributed by atoms with van der Waals surface area (Å²) in [6, 6.07) is 2.76. The van der Waals surface area contributed by atoms with Gasteiger partial charge in [0.15, 0.2) is 0 Å². The van der Waals surface area contributed by atoms with E-state index in [1.54, 1.807) is 0 Å². The summed E-state index contributed by atoms with van der Waals surface area (Å²) in [7, 11) is 4.32. The Morgan fingerprint density at radius 1 is 1.41 bits per heavy atom. The van der Waals surface area contributed by atoms with Crippen molar-refractivity contribution in [1.29, 1.82) is 0 Å². The van der Waals surface area contributed by atoms with Crippen LogP contribution < -0.4 is 4.90 Å². The normalized spacial score (nSPS) is 24.7. The fourth-order valence-electron chi connectivity index (χ4n) is 2.66. The van der Waals surface area contributed by atoms with Gasteiger partial charge in [-0.05, 0) is 54.5 Å². The molecule has 2 rings (SSSR count). The molecule has 94 valence electrons. The summed E-state index contributed by atoms with van der Waals surface area (Å²) in [5, 5.41) is 0. The standard InChI is InChI=1S/C13H20BrN3/c1-9-5-11(14)6-15-13(9)17-7-10(2)12(8-17)16(3)4/h5-6,10,12H,7-8H2,1-4H3. The van der Waals surface area contributed by atoms with Crippen molar-refractivity contribution in [3.63, 3.8) is 0 Å². The van der Waals surface area contributed by atoms with Gasteiger partial charge in [0.2, 0.25) is 0 Å². The highest BCUT2D eigenvalue weighted by molar-refractivity contribution is 9.10. The number of aromatic nitrogens is 1. The number of pyridine rings is 1. The molecule has 1 saturated heterocycles. The molecule has 0 radical (unpaired) electrons. The van der Waals surface area contributed by atoms with Crippen LogP contribution in [0.4, 0.5) is 5.82 Å². The van der Waals surface area contributed by atoms with E-state index in [-0.39, 0.29) is 0 Å². The van der Waals surface area contributed by atoms with Crippen molar-refractivity contribution in [1.82, 2.24) is 9.88 Å². The molecule has 0 saturated carbocycles. The molecule has 4 heteroatoms. The second-order valence-electron chi connectivity index (χ2n) is 5.21. The zero-order chi connectivity index (χ0) is 12.6. The lowest BCUT2D eigenvalue weighted by molar-refractivity contribution is 0.266. The highest BCUT2D eigenvalue weighted by Crippen LogP contribution is 2.28. The number of rotatable bonds is 2. The molecule has 0 spiro atoms. The highest BCUT2D eigenvalue weighted by Gasteiger charge is 2.32. The number of anilines is 1. The van der Waals surface area contributed by atoms with Crippen LogP contribution in [0.15, 0.2) is 16.7 Å². The highest BCUT2D eigenvalue weighted by atomic mass is 79.9. The van der Waals surface area contributed by atoms with Gasteiger partial charge in [0, 0.05) is 29.8 Å². The van der Waals surface area contributed by atoms with Gasteiger partial charge >= 0.3 is 0 Å². The Bertz CT molecular complexity index is 406. The summed E-state index contributed by atoms with van der Waals surface area (Å²) in [4.78, 5) is 9.27. The van der Waals surface area contributed by atoms with Crippen LogP contribution in [0.2, 0.25) is 0 Å². The van der Waals surface area contributed by atoms with Gasteiger partial charge in [0.1, 0.15) is 5.82 Å². The largest absolute Gasteiger partial charge is 0.354 e. The summed E-state index contributed by atoms with van der Waals surface area (Å²) in [5.74, 6) is 1.82. The van der Waals surface area contributed by atoms with Gasteiger partial charge in [-0.25, -0.2) is 4.98 Å². The number of aryl methyl sites for hydroxylation is 1. The Morgan fingerprint density at radius 2 is 2.12 bits per heavy atom. The number of likely N-dealkylation sites (N-methyl/N-ethyl adjacent to an activating group) is 1. The van der Waals surface area contributed by atoms with E-state index in [2.05, 4.69) is 64.7 Å². The van der Waals surface area contributed by atoms with Crippen molar-refractivity contribution in [2.45, 2.75) is 19.9 Å². The molecule has 1 aliphatic heterocycles. The van der Waals surface area contributed by atoms with Crippen LogP contribution in [-0.4, -0.2) is 43.1 Å². The fourth-order valence-corrected chi connectivity index (χ4v) is 3.10. The van der Waals surface area contributed by atoms with Gasteiger partial charge in [0.25, 0.3) is 0 Å². The Kier molecular flexibility index (Phi) is 3.73. The number of nitrogens with zero attached hydrogens (tertiary/aromatic N) is 3. The number of halogens is 1. The molecule has 0 amide bonds. The van der Waals surface area contributed by atoms with E-state index in [1.165, 1.54) is 5.56 Å². The van der Waals surface area contributed by atoms with E-state index in [4.69, 9.17) is 0 Å². The monoisotopic (exact) mass is 297 g/mol. The molecule has 1 aromatic heterocycles. The molecule has 2 unspecified atom stereocenters. The molecule has 0 bridgehead atoms. The van der Waals surface area contributed by atoms with Crippen molar-refractivity contribution in [3.8, 4) is 0 Å². The molecular formula is C13H20BrN3. The van der Waals surface area contributed by atoms with Crippen molar-refractivity contribution in [2.24, 2.45) is 5.92 Å². The van der Waals surface area contributed by atoms with Gasteiger partial charge in [-0.3, -0.25) is 0 Å². The van der Waals surface area contributed by atoms with Crippen LogP contribution in [0, 0.1) is 12.8 Å². The average Bonchev–Trinajstić information content (AvgIpc) is 2.60. The minimum absolute atomic E-state index is 0.625. The van der Waals surface area contributed by atoms with Crippen LogP contribution >= 0.6 is 15.9 Å². The van der Waals surface area contributed by atoms with Crippen molar-refractivity contribution in [2.75, 3.05) is 32.1 Å². The first kappa shape index (κ1) is 12.8. The maximum absolute atomic E-state index is 4.55. The summed E-state index contributed by atoms with van der Waals surface area (Å²) in [6.07, 6.45) is 1.88. The third-order valence-electron chi connectivity index (χ3n) is 3.55. The molecule has 0 N–H and O–H groups in total. The predicted molar refractivity (Wildman–Crippen MR) is 75.5 cm³/mol. The second-order valence-corrected chi connectivity index (χ2v) is 6.12. The van der Waals surface area contributed by atoms with Crippen molar-refractivity contribution < 1.29 is 0 Å². The Balaban J connectivity index is 2.19. The van der Waals surface area contributed by atoms with E-state index in [1.807, 2.05) is 6.20 Å². The molecule has 17 heavy (non-hydrogen) atoms. The molecule has 1 aliphatic rings. The minimum Gasteiger partial charge on any atom is -0.354 e. The van der Waals surface area contributed by atoms with Crippen LogP contribution in [0.1, 0.15) is 12.5 Å². The Morgan fingerprint density at radius 3 is 2.65 bits per heavy atom. The smallest absolute Gasteiger partial charge is 0.131 e. The van der Waals surface area contributed by atoms with Crippen molar-refractivity contribution in [3.05, 3.63) is 22.3 Å². The molecule has 2 atom stereocenters. The zero-order valence-electron chi connectivity index (χ0n) is 10.9. The van der Waals surface area contributed by atoms with Crippen LogP contribution in [0.5, 0.6) is 0 Å². The van der Waals surface area contributed by atoms with Crippen LogP contribution in [0.25, 0.3) is 0 Å². The molecule has 0 aromatic carbocycles. The Labute approximate surface area is 112 Å². The van der Waals surface area contributed by atoms with E-state index in [0.717, 1.165) is 23.4 Å². The van der Waals surface area contributed by atoms with E-state index in [9.17, 15) is 0 Å². The number of hydrogen-bond acceptors (Lipinski definition) is 3. The number of hydrogen-bond donors (Lipinski definition) is 0. The zero-order valence-corrected chi connectivity index (χ0v) is 12.5. The third kappa shape index (κ3) is 2.63. The first-order chi connectivity index (χ1) is 7.99. The van der Waals surface area contributed by atoms with Gasteiger partial charge in [-0.15, -0.1) is 0 Å². The van der Waals surface area contributed by atoms with Gasteiger partial charge in [-0.2, -0.15) is 0 Å². The average molecular weight is 298 g/mol.